The maximum absolute atomic E-state index is 11.6. The Morgan fingerprint density at radius 3 is 2.94 bits per heavy atom. The van der Waals surface area contributed by atoms with E-state index in [1.165, 1.54) is 0 Å². The molecule has 0 bridgehead atoms. The molecular formula is C12H10N2O3. The van der Waals surface area contributed by atoms with Gasteiger partial charge >= 0.3 is 5.97 Å². The summed E-state index contributed by atoms with van der Waals surface area (Å²) in [5, 5.41) is 3.71. The van der Waals surface area contributed by atoms with E-state index in [0.717, 1.165) is 5.56 Å². The van der Waals surface area contributed by atoms with Gasteiger partial charge in [0.05, 0.1) is 12.0 Å². The number of esters is 1. The van der Waals surface area contributed by atoms with Gasteiger partial charge in [-0.2, -0.15) is 4.98 Å². The van der Waals surface area contributed by atoms with Gasteiger partial charge in [0.15, 0.2) is 5.82 Å². The fraction of sp³-hybridized carbons (Fsp3) is 0.250. The van der Waals surface area contributed by atoms with E-state index in [9.17, 15) is 4.79 Å². The van der Waals surface area contributed by atoms with Crippen LogP contribution in [0.15, 0.2) is 28.8 Å². The van der Waals surface area contributed by atoms with Crippen LogP contribution in [0.5, 0.6) is 0 Å². The number of cyclic esters (lactones) is 1. The van der Waals surface area contributed by atoms with Gasteiger partial charge in [-0.15, -0.1) is 0 Å². The Morgan fingerprint density at radius 1 is 1.35 bits per heavy atom. The highest BCUT2D eigenvalue weighted by Crippen LogP contribution is 2.32. The van der Waals surface area contributed by atoms with Crippen molar-refractivity contribution in [3.05, 3.63) is 47.1 Å². The first-order chi connectivity index (χ1) is 8.24. The van der Waals surface area contributed by atoms with E-state index in [1.807, 2.05) is 18.2 Å². The number of aromatic nitrogens is 2. The van der Waals surface area contributed by atoms with Crippen LogP contribution in [0.1, 0.15) is 33.7 Å². The molecule has 0 spiro atoms. The van der Waals surface area contributed by atoms with Gasteiger partial charge in [0.1, 0.15) is 6.10 Å². The smallest absolute Gasteiger partial charge is 0.339 e. The summed E-state index contributed by atoms with van der Waals surface area (Å²) in [6.45, 7) is 1.75. The molecule has 5 heteroatoms. The minimum absolute atomic E-state index is 0.290. The van der Waals surface area contributed by atoms with Crippen LogP contribution in [0.2, 0.25) is 0 Å². The lowest BCUT2D eigenvalue weighted by Crippen LogP contribution is -2.02. The predicted molar refractivity (Wildman–Crippen MR) is 57.3 cm³/mol. The lowest BCUT2D eigenvalue weighted by Gasteiger charge is -2.06. The Morgan fingerprint density at radius 2 is 2.18 bits per heavy atom. The first-order valence-corrected chi connectivity index (χ1v) is 5.33. The molecule has 2 aromatic rings. The molecule has 1 aromatic heterocycles. The summed E-state index contributed by atoms with van der Waals surface area (Å²) in [5.41, 5.74) is 1.50. The molecule has 3 rings (SSSR count). The molecule has 5 nitrogen and oxygen atoms in total. The zero-order chi connectivity index (χ0) is 11.8. The Kier molecular flexibility index (Phi) is 2.18. The zero-order valence-electron chi connectivity index (χ0n) is 9.21. The molecule has 1 aliphatic heterocycles. The largest absolute Gasteiger partial charge is 0.453 e. The number of ether oxygens (including phenoxy) is 1. The second-order valence-electron chi connectivity index (χ2n) is 3.92. The average Bonchev–Trinajstić information content (AvgIpc) is 2.86. The molecule has 1 unspecified atom stereocenters. The lowest BCUT2D eigenvalue weighted by molar-refractivity contribution is 0.0372. The van der Waals surface area contributed by atoms with Crippen LogP contribution in [0, 0.1) is 6.92 Å². The highest BCUT2D eigenvalue weighted by molar-refractivity contribution is 5.93. The van der Waals surface area contributed by atoms with Crippen molar-refractivity contribution in [1.82, 2.24) is 10.1 Å². The van der Waals surface area contributed by atoms with Crippen LogP contribution >= 0.6 is 0 Å². The van der Waals surface area contributed by atoms with Gasteiger partial charge < -0.3 is 9.26 Å². The quantitative estimate of drug-likeness (QED) is 0.736. The number of hydrogen-bond acceptors (Lipinski definition) is 5. The molecule has 0 fully saturated rings. The molecule has 17 heavy (non-hydrogen) atoms. The van der Waals surface area contributed by atoms with E-state index in [-0.39, 0.29) is 12.1 Å². The summed E-state index contributed by atoms with van der Waals surface area (Å²) in [7, 11) is 0. The summed E-state index contributed by atoms with van der Waals surface area (Å²) < 4.78 is 10.3. The molecule has 0 N–H and O–H groups in total. The van der Waals surface area contributed by atoms with Gasteiger partial charge in [-0.1, -0.05) is 23.4 Å². The van der Waals surface area contributed by atoms with Gasteiger partial charge in [0.25, 0.3) is 0 Å². The maximum atomic E-state index is 11.6. The minimum Gasteiger partial charge on any atom is -0.453 e. The van der Waals surface area contributed by atoms with Gasteiger partial charge in [-0.3, -0.25) is 0 Å². The summed E-state index contributed by atoms with van der Waals surface area (Å²) in [6.07, 6.45) is 0.0994. The van der Waals surface area contributed by atoms with Crippen molar-refractivity contribution in [3.63, 3.8) is 0 Å². The third-order valence-corrected chi connectivity index (χ3v) is 2.71. The topological polar surface area (TPSA) is 65.2 Å². The fourth-order valence-corrected chi connectivity index (χ4v) is 1.95. The standard InChI is InChI=1S/C12H10N2O3/c1-7-13-11(17-14-7)6-10-8-4-2-3-5-9(8)12(15)16-10/h2-5,10H,6H2,1H3. The number of fused-ring (bicyclic) bond motifs is 1. The molecule has 0 amide bonds. The van der Waals surface area contributed by atoms with E-state index in [1.54, 1.807) is 13.0 Å². The monoisotopic (exact) mass is 230 g/mol. The Hall–Kier alpha value is -2.17. The SMILES string of the molecule is Cc1noc(CC2OC(=O)c3ccccc32)n1. The van der Waals surface area contributed by atoms with E-state index >= 15 is 0 Å². The summed E-state index contributed by atoms with van der Waals surface area (Å²) in [5.74, 6) is 0.774. The third kappa shape index (κ3) is 1.69. The summed E-state index contributed by atoms with van der Waals surface area (Å²) >= 11 is 0. The van der Waals surface area contributed by atoms with Gasteiger partial charge in [-0.25, -0.2) is 4.79 Å². The highest BCUT2D eigenvalue weighted by Gasteiger charge is 2.31. The van der Waals surface area contributed by atoms with Gasteiger partial charge in [0.2, 0.25) is 5.89 Å². The molecule has 1 atom stereocenters. The number of carbonyl (C=O) groups is 1. The maximum Gasteiger partial charge on any atom is 0.339 e. The molecular weight excluding hydrogens is 220 g/mol. The van der Waals surface area contributed by atoms with E-state index in [0.29, 0.717) is 23.7 Å². The van der Waals surface area contributed by atoms with Crippen LogP contribution < -0.4 is 0 Å². The second-order valence-corrected chi connectivity index (χ2v) is 3.92. The van der Waals surface area contributed by atoms with Gasteiger partial charge in [-0.05, 0) is 13.0 Å². The first kappa shape index (κ1) is 10.0. The normalized spacial score (nSPS) is 17.9. The minimum atomic E-state index is -0.321. The molecule has 0 saturated heterocycles. The van der Waals surface area contributed by atoms with E-state index in [2.05, 4.69) is 10.1 Å². The van der Waals surface area contributed by atoms with Crippen LogP contribution in [0.25, 0.3) is 0 Å². The van der Waals surface area contributed by atoms with E-state index < -0.39 is 0 Å². The zero-order valence-corrected chi connectivity index (χ0v) is 9.21. The van der Waals surface area contributed by atoms with Crippen molar-refractivity contribution in [2.75, 3.05) is 0 Å². The highest BCUT2D eigenvalue weighted by atomic mass is 16.6. The van der Waals surface area contributed by atoms with Crippen LogP contribution in [-0.4, -0.2) is 16.1 Å². The summed E-state index contributed by atoms with van der Waals surface area (Å²) in [6, 6.07) is 7.34. The molecule has 2 heterocycles. The van der Waals surface area contributed by atoms with Crippen LogP contribution in [0.4, 0.5) is 0 Å². The molecule has 0 aliphatic carbocycles. The van der Waals surface area contributed by atoms with E-state index in [4.69, 9.17) is 9.26 Å². The molecule has 1 aliphatic rings. The number of carbonyl (C=O) groups excluding carboxylic acids is 1. The Labute approximate surface area is 97.4 Å². The van der Waals surface area contributed by atoms with Gasteiger partial charge in [0, 0.05) is 5.56 Å². The number of rotatable bonds is 2. The predicted octanol–water partition coefficient (Wildman–Crippen LogP) is 1.83. The lowest BCUT2D eigenvalue weighted by atomic mass is 10.0. The second kappa shape index (κ2) is 3.69. The van der Waals surface area contributed by atoms with Crippen LogP contribution in [-0.2, 0) is 11.2 Å². The van der Waals surface area contributed by atoms with Crippen molar-refractivity contribution in [2.45, 2.75) is 19.4 Å². The number of benzene rings is 1. The third-order valence-electron chi connectivity index (χ3n) is 2.71. The van der Waals surface area contributed by atoms with Crippen molar-refractivity contribution in [3.8, 4) is 0 Å². The Bertz CT molecular complexity index is 577. The number of nitrogens with zero attached hydrogens (tertiary/aromatic N) is 2. The fourth-order valence-electron chi connectivity index (χ4n) is 1.95. The summed E-state index contributed by atoms with van der Waals surface area (Å²) in [4.78, 5) is 15.7. The average molecular weight is 230 g/mol. The molecule has 86 valence electrons. The number of hydrogen-bond donors (Lipinski definition) is 0. The Balaban J connectivity index is 1.89. The van der Waals surface area contributed by atoms with Crippen molar-refractivity contribution in [1.29, 1.82) is 0 Å². The molecule has 1 aromatic carbocycles. The van der Waals surface area contributed by atoms with Crippen molar-refractivity contribution < 1.29 is 14.1 Å². The first-order valence-electron chi connectivity index (χ1n) is 5.33. The van der Waals surface area contributed by atoms with Crippen molar-refractivity contribution in [2.24, 2.45) is 0 Å². The van der Waals surface area contributed by atoms with Crippen molar-refractivity contribution >= 4 is 5.97 Å². The molecule has 0 saturated carbocycles. The molecule has 0 radical (unpaired) electrons. The number of aryl methyl sites for hydroxylation is 1. The van der Waals surface area contributed by atoms with Crippen LogP contribution in [0.3, 0.4) is 0 Å².